The Balaban J connectivity index is 1.59. The van der Waals surface area contributed by atoms with Gasteiger partial charge in [0, 0.05) is 49.8 Å². The third kappa shape index (κ3) is 2.69. The number of piperazine rings is 1. The van der Waals surface area contributed by atoms with Crippen LogP contribution in [0, 0.1) is 20.8 Å². The van der Waals surface area contributed by atoms with Gasteiger partial charge in [-0.1, -0.05) is 5.16 Å². The zero-order chi connectivity index (χ0) is 14.1. The summed E-state index contributed by atoms with van der Waals surface area (Å²) in [5.41, 5.74) is 2.23. The van der Waals surface area contributed by atoms with Gasteiger partial charge in [-0.25, -0.2) is 4.98 Å². The lowest BCUT2D eigenvalue weighted by atomic mass is 10.2. The number of rotatable bonds is 3. The lowest BCUT2D eigenvalue weighted by Crippen LogP contribution is -2.46. The third-order valence-corrected chi connectivity index (χ3v) is 4.59. The second-order valence-electron chi connectivity index (χ2n) is 5.19. The summed E-state index contributed by atoms with van der Waals surface area (Å²) in [4.78, 5) is 9.21. The van der Waals surface area contributed by atoms with Gasteiger partial charge in [0.2, 0.25) is 5.13 Å². The van der Waals surface area contributed by atoms with E-state index < -0.39 is 0 Å². The van der Waals surface area contributed by atoms with Crippen molar-refractivity contribution >= 4 is 16.7 Å². The molecule has 1 fully saturated rings. The Morgan fingerprint density at radius 2 is 1.90 bits per heavy atom. The van der Waals surface area contributed by atoms with E-state index in [9.17, 15) is 0 Å². The summed E-state index contributed by atoms with van der Waals surface area (Å²) in [6.07, 6.45) is 0. The maximum Gasteiger partial charge on any atom is 0.205 e. The van der Waals surface area contributed by atoms with Crippen molar-refractivity contribution in [2.45, 2.75) is 27.3 Å². The van der Waals surface area contributed by atoms with Gasteiger partial charge < -0.3 is 9.42 Å². The summed E-state index contributed by atoms with van der Waals surface area (Å²) in [6, 6.07) is 0. The van der Waals surface area contributed by atoms with Crippen LogP contribution in [0.5, 0.6) is 0 Å². The summed E-state index contributed by atoms with van der Waals surface area (Å²) in [5.74, 6) is 1.80. The molecule has 1 aliphatic rings. The SMILES string of the molecule is Cc1nsc(N2CCN(Cc3c(C)noc3C)CC2)n1. The van der Waals surface area contributed by atoms with Crippen molar-refractivity contribution in [2.24, 2.45) is 0 Å². The standard InChI is InChI=1S/C13H19N5OS/c1-9-12(10(2)19-15-9)8-17-4-6-18(7-5-17)13-14-11(3)16-20-13/h4-8H2,1-3H3. The van der Waals surface area contributed by atoms with Crippen LogP contribution in [0.3, 0.4) is 0 Å². The summed E-state index contributed by atoms with van der Waals surface area (Å²) < 4.78 is 9.48. The molecule has 0 N–H and O–H groups in total. The van der Waals surface area contributed by atoms with Crippen LogP contribution in [0.2, 0.25) is 0 Å². The zero-order valence-corrected chi connectivity index (χ0v) is 12.9. The van der Waals surface area contributed by atoms with Crippen LogP contribution in [0.15, 0.2) is 4.52 Å². The quantitative estimate of drug-likeness (QED) is 0.859. The van der Waals surface area contributed by atoms with Crippen molar-refractivity contribution in [1.29, 1.82) is 0 Å². The molecule has 1 aliphatic heterocycles. The van der Waals surface area contributed by atoms with Crippen LogP contribution < -0.4 is 4.90 Å². The van der Waals surface area contributed by atoms with Gasteiger partial charge in [-0.05, 0) is 20.8 Å². The number of aryl methyl sites for hydroxylation is 3. The zero-order valence-electron chi connectivity index (χ0n) is 12.1. The van der Waals surface area contributed by atoms with Crippen molar-refractivity contribution in [3.63, 3.8) is 0 Å². The first-order valence-electron chi connectivity index (χ1n) is 6.83. The highest BCUT2D eigenvalue weighted by atomic mass is 32.1. The van der Waals surface area contributed by atoms with E-state index in [1.807, 2.05) is 20.8 Å². The van der Waals surface area contributed by atoms with Crippen molar-refractivity contribution in [1.82, 2.24) is 19.4 Å². The van der Waals surface area contributed by atoms with Gasteiger partial charge in [0.25, 0.3) is 0 Å². The van der Waals surface area contributed by atoms with Crippen LogP contribution in [-0.4, -0.2) is 45.6 Å². The lowest BCUT2D eigenvalue weighted by Gasteiger charge is -2.34. The van der Waals surface area contributed by atoms with Gasteiger partial charge in [-0.3, -0.25) is 4.90 Å². The van der Waals surface area contributed by atoms with E-state index in [1.54, 1.807) is 0 Å². The van der Waals surface area contributed by atoms with Crippen molar-refractivity contribution in [3.8, 4) is 0 Å². The molecule has 0 aliphatic carbocycles. The van der Waals surface area contributed by atoms with Gasteiger partial charge in [0.05, 0.1) is 5.69 Å². The molecule has 2 aromatic heterocycles. The fourth-order valence-electron chi connectivity index (χ4n) is 2.46. The maximum absolute atomic E-state index is 5.23. The molecule has 3 rings (SSSR count). The largest absolute Gasteiger partial charge is 0.361 e. The minimum atomic E-state index is 0.864. The molecular formula is C13H19N5OS. The second-order valence-corrected chi connectivity index (χ2v) is 5.92. The van der Waals surface area contributed by atoms with Gasteiger partial charge in [0.15, 0.2) is 0 Å². The fourth-order valence-corrected chi connectivity index (χ4v) is 3.19. The molecule has 0 unspecified atom stereocenters. The molecule has 0 bridgehead atoms. The first-order chi connectivity index (χ1) is 9.63. The Morgan fingerprint density at radius 1 is 1.15 bits per heavy atom. The highest BCUT2D eigenvalue weighted by molar-refractivity contribution is 7.09. The molecule has 2 aromatic rings. The average molecular weight is 293 g/mol. The van der Waals surface area contributed by atoms with Crippen LogP contribution in [0.25, 0.3) is 0 Å². The molecule has 1 saturated heterocycles. The topological polar surface area (TPSA) is 58.3 Å². The Morgan fingerprint density at radius 3 is 2.45 bits per heavy atom. The Bertz CT molecular complexity index is 566. The monoisotopic (exact) mass is 293 g/mol. The predicted octanol–water partition coefficient (Wildman–Crippen LogP) is 1.77. The third-order valence-electron chi connectivity index (χ3n) is 3.72. The summed E-state index contributed by atoms with van der Waals surface area (Å²) in [6.45, 7) is 10.9. The first-order valence-corrected chi connectivity index (χ1v) is 7.60. The maximum atomic E-state index is 5.23. The van der Waals surface area contributed by atoms with E-state index in [4.69, 9.17) is 4.52 Å². The molecule has 0 atom stereocenters. The van der Waals surface area contributed by atoms with Crippen molar-refractivity contribution in [2.75, 3.05) is 31.1 Å². The van der Waals surface area contributed by atoms with Crippen molar-refractivity contribution < 1.29 is 4.52 Å². The highest BCUT2D eigenvalue weighted by Crippen LogP contribution is 2.20. The van der Waals surface area contributed by atoms with E-state index in [2.05, 4.69) is 24.3 Å². The van der Waals surface area contributed by atoms with E-state index in [-0.39, 0.29) is 0 Å². The average Bonchev–Trinajstić information content (AvgIpc) is 3.01. The second kappa shape index (κ2) is 5.49. The minimum absolute atomic E-state index is 0.864. The molecular weight excluding hydrogens is 274 g/mol. The molecule has 20 heavy (non-hydrogen) atoms. The number of nitrogens with zero attached hydrogens (tertiary/aromatic N) is 5. The van der Waals surface area contributed by atoms with Crippen LogP contribution in [0.4, 0.5) is 5.13 Å². The van der Waals surface area contributed by atoms with Gasteiger partial charge in [0.1, 0.15) is 11.6 Å². The molecule has 3 heterocycles. The highest BCUT2D eigenvalue weighted by Gasteiger charge is 2.21. The van der Waals surface area contributed by atoms with Gasteiger partial charge in [-0.2, -0.15) is 4.37 Å². The van der Waals surface area contributed by atoms with Crippen LogP contribution in [-0.2, 0) is 6.54 Å². The number of hydrogen-bond acceptors (Lipinski definition) is 7. The molecule has 7 heteroatoms. The van der Waals surface area contributed by atoms with E-state index in [1.165, 1.54) is 17.1 Å². The number of aromatic nitrogens is 3. The van der Waals surface area contributed by atoms with Crippen molar-refractivity contribution in [3.05, 3.63) is 22.8 Å². The summed E-state index contributed by atoms with van der Waals surface area (Å²) >= 11 is 1.49. The molecule has 0 amide bonds. The number of anilines is 1. The van der Waals surface area contributed by atoms with Gasteiger partial charge in [-0.15, -0.1) is 0 Å². The van der Waals surface area contributed by atoms with Crippen LogP contribution in [0.1, 0.15) is 22.8 Å². The molecule has 0 spiro atoms. The first kappa shape index (κ1) is 13.5. The lowest BCUT2D eigenvalue weighted by molar-refractivity contribution is 0.248. The summed E-state index contributed by atoms with van der Waals surface area (Å²) in [7, 11) is 0. The molecule has 108 valence electrons. The molecule has 0 radical (unpaired) electrons. The summed E-state index contributed by atoms with van der Waals surface area (Å²) in [5, 5.41) is 5.06. The van der Waals surface area contributed by atoms with E-state index >= 15 is 0 Å². The van der Waals surface area contributed by atoms with Gasteiger partial charge >= 0.3 is 0 Å². The van der Waals surface area contributed by atoms with E-state index in [0.717, 1.165) is 55.1 Å². The Labute approximate surface area is 122 Å². The fraction of sp³-hybridized carbons (Fsp3) is 0.615. The van der Waals surface area contributed by atoms with Crippen LogP contribution >= 0.6 is 11.5 Å². The molecule has 0 saturated carbocycles. The molecule has 0 aromatic carbocycles. The molecule has 6 nitrogen and oxygen atoms in total. The smallest absolute Gasteiger partial charge is 0.205 e. The number of hydrogen-bond donors (Lipinski definition) is 0. The minimum Gasteiger partial charge on any atom is -0.361 e. The Kier molecular flexibility index (Phi) is 3.71. The Hall–Kier alpha value is -1.47. The predicted molar refractivity (Wildman–Crippen MR) is 78.1 cm³/mol. The normalized spacial score (nSPS) is 16.9. The van der Waals surface area contributed by atoms with E-state index in [0.29, 0.717) is 0 Å².